The average Bonchev–Trinajstić information content (AvgIpc) is 2.48. The molecule has 5 heteroatoms. The highest BCUT2D eigenvalue weighted by molar-refractivity contribution is 5.87. The third-order valence-electron chi connectivity index (χ3n) is 3.98. The molecule has 0 aliphatic carbocycles. The van der Waals surface area contributed by atoms with E-state index in [2.05, 4.69) is 0 Å². The predicted octanol–water partition coefficient (Wildman–Crippen LogP) is 2.31. The summed E-state index contributed by atoms with van der Waals surface area (Å²) < 4.78 is 5.50. The lowest BCUT2D eigenvalue weighted by molar-refractivity contribution is -0.161. The molecular weight excluding hydrogens is 270 g/mol. The minimum Gasteiger partial charge on any atom is -0.493 e. The molecule has 0 saturated carbocycles. The van der Waals surface area contributed by atoms with Gasteiger partial charge in [-0.2, -0.15) is 0 Å². The van der Waals surface area contributed by atoms with Crippen LogP contribution in [0, 0.1) is 0 Å². The second-order valence-corrected chi connectivity index (χ2v) is 5.49. The molecule has 21 heavy (non-hydrogen) atoms. The molecule has 1 amide bonds. The van der Waals surface area contributed by atoms with Gasteiger partial charge in [-0.15, -0.1) is 0 Å². The van der Waals surface area contributed by atoms with Crippen molar-refractivity contribution in [1.29, 1.82) is 0 Å². The Morgan fingerprint density at radius 1 is 1.29 bits per heavy atom. The van der Waals surface area contributed by atoms with Crippen LogP contribution in [0.1, 0.15) is 32.6 Å². The number of piperidine rings is 1. The largest absolute Gasteiger partial charge is 0.493 e. The van der Waals surface area contributed by atoms with Gasteiger partial charge in [0.2, 0.25) is 5.91 Å². The number of para-hydroxylation sites is 1. The van der Waals surface area contributed by atoms with Crippen molar-refractivity contribution in [3.63, 3.8) is 0 Å². The molecule has 114 valence electrons. The van der Waals surface area contributed by atoms with E-state index < -0.39 is 11.5 Å². The highest BCUT2D eigenvalue weighted by Crippen LogP contribution is 2.28. The standard InChI is InChI=1S/C16H21NO4/c1-16(15(19)20)10-5-6-11-17(16)14(18)9-12-21-13-7-3-2-4-8-13/h2-4,7-8H,5-6,9-12H2,1H3,(H,19,20). The molecule has 0 radical (unpaired) electrons. The molecule has 1 aromatic rings. The van der Waals surface area contributed by atoms with Crippen LogP contribution in [-0.4, -0.2) is 40.6 Å². The first-order chi connectivity index (χ1) is 10.0. The summed E-state index contributed by atoms with van der Waals surface area (Å²) in [7, 11) is 0. The van der Waals surface area contributed by atoms with Crippen LogP contribution >= 0.6 is 0 Å². The minimum atomic E-state index is -1.08. The Kier molecular flexibility index (Phi) is 4.83. The summed E-state index contributed by atoms with van der Waals surface area (Å²) in [6.45, 7) is 2.40. The first kappa shape index (κ1) is 15.4. The fraction of sp³-hybridized carbons (Fsp3) is 0.500. The summed E-state index contributed by atoms with van der Waals surface area (Å²) in [4.78, 5) is 25.2. The second-order valence-electron chi connectivity index (χ2n) is 5.49. The SMILES string of the molecule is CC1(C(=O)O)CCCCN1C(=O)CCOc1ccccc1. The van der Waals surface area contributed by atoms with Crippen molar-refractivity contribution in [2.45, 2.75) is 38.1 Å². The lowest BCUT2D eigenvalue weighted by atomic mass is 9.88. The first-order valence-electron chi connectivity index (χ1n) is 7.26. The maximum Gasteiger partial charge on any atom is 0.329 e. The monoisotopic (exact) mass is 291 g/mol. The van der Waals surface area contributed by atoms with Gasteiger partial charge < -0.3 is 14.7 Å². The van der Waals surface area contributed by atoms with Gasteiger partial charge in [-0.3, -0.25) is 4.79 Å². The zero-order chi connectivity index (χ0) is 15.3. The number of carbonyl (C=O) groups excluding carboxylic acids is 1. The van der Waals surface area contributed by atoms with Crippen molar-refractivity contribution in [3.8, 4) is 5.75 Å². The minimum absolute atomic E-state index is 0.157. The number of hydrogen-bond donors (Lipinski definition) is 1. The van der Waals surface area contributed by atoms with Gasteiger partial charge in [-0.05, 0) is 38.3 Å². The lowest BCUT2D eigenvalue weighted by Gasteiger charge is -2.41. The number of carboxylic acid groups (broad SMARTS) is 1. The van der Waals surface area contributed by atoms with Crippen LogP contribution < -0.4 is 4.74 Å². The molecule has 1 N–H and O–H groups in total. The van der Waals surface area contributed by atoms with Crippen molar-refractivity contribution >= 4 is 11.9 Å². The molecule has 1 aliphatic rings. The number of hydrogen-bond acceptors (Lipinski definition) is 3. The summed E-state index contributed by atoms with van der Waals surface area (Å²) >= 11 is 0. The molecular formula is C16H21NO4. The van der Waals surface area contributed by atoms with Crippen LogP contribution in [0.4, 0.5) is 0 Å². The summed E-state index contributed by atoms with van der Waals surface area (Å²) in [5, 5.41) is 9.40. The number of carbonyl (C=O) groups is 2. The summed E-state index contributed by atoms with van der Waals surface area (Å²) in [5.41, 5.74) is -1.08. The van der Waals surface area contributed by atoms with Crippen molar-refractivity contribution in [2.75, 3.05) is 13.2 Å². The zero-order valence-electron chi connectivity index (χ0n) is 12.2. The zero-order valence-corrected chi connectivity index (χ0v) is 12.2. The van der Waals surface area contributed by atoms with Crippen LogP contribution in [0.2, 0.25) is 0 Å². The quantitative estimate of drug-likeness (QED) is 0.904. The van der Waals surface area contributed by atoms with E-state index in [1.165, 1.54) is 4.90 Å². The highest BCUT2D eigenvalue weighted by atomic mass is 16.5. The first-order valence-corrected chi connectivity index (χ1v) is 7.26. The van der Waals surface area contributed by atoms with E-state index in [-0.39, 0.29) is 18.9 Å². The molecule has 0 aromatic heterocycles. The van der Waals surface area contributed by atoms with Gasteiger partial charge in [-0.25, -0.2) is 4.79 Å². The van der Waals surface area contributed by atoms with E-state index in [1.807, 2.05) is 30.3 Å². The fourth-order valence-electron chi connectivity index (χ4n) is 2.65. The van der Waals surface area contributed by atoms with Crippen LogP contribution in [0.15, 0.2) is 30.3 Å². The van der Waals surface area contributed by atoms with Crippen molar-refractivity contribution < 1.29 is 19.4 Å². The Balaban J connectivity index is 1.91. The number of benzene rings is 1. The van der Waals surface area contributed by atoms with Crippen LogP contribution in [0.25, 0.3) is 0 Å². The van der Waals surface area contributed by atoms with Crippen molar-refractivity contribution in [1.82, 2.24) is 4.90 Å². The van der Waals surface area contributed by atoms with E-state index in [0.29, 0.717) is 18.7 Å². The van der Waals surface area contributed by atoms with Crippen LogP contribution in [0.5, 0.6) is 5.75 Å². The predicted molar refractivity (Wildman–Crippen MR) is 78.2 cm³/mol. The Hall–Kier alpha value is -2.04. The topological polar surface area (TPSA) is 66.8 Å². The van der Waals surface area contributed by atoms with Gasteiger partial charge in [0.15, 0.2) is 0 Å². The van der Waals surface area contributed by atoms with Gasteiger partial charge in [0.05, 0.1) is 13.0 Å². The lowest BCUT2D eigenvalue weighted by Crippen LogP contribution is -2.57. The maximum atomic E-state index is 12.3. The molecule has 5 nitrogen and oxygen atoms in total. The van der Waals surface area contributed by atoms with E-state index in [9.17, 15) is 14.7 Å². The second kappa shape index (κ2) is 6.61. The molecule has 1 unspecified atom stereocenters. The number of ether oxygens (including phenoxy) is 1. The molecule has 0 spiro atoms. The summed E-state index contributed by atoms with van der Waals surface area (Å²) in [5.74, 6) is -0.375. The Morgan fingerprint density at radius 2 is 2.00 bits per heavy atom. The van der Waals surface area contributed by atoms with Crippen molar-refractivity contribution in [2.24, 2.45) is 0 Å². The smallest absolute Gasteiger partial charge is 0.329 e. The maximum absolute atomic E-state index is 12.3. The number of amides is 1. The Labute approximate surface area is 124 Å². The highest BCUT2D eigenvalue weighted by Gasteiger charge is 2.43. The van der Waals surface area contributed by atoms with E-state index in [1.54, 1.807) is 6.92 Å². The average molecular weight is 291 g/mol. The fourth-order valence-corrected chi connectivity index (χ4v) is 2.65. The van der Waals surface area contributed by atoms with Crippen LogP contribution in [0.3, 0.4) is 0 Å². The van der Waals surface area contributed by atoms with Gasteiger partial charge in [-0.1, -0.05) is 18.2 Å². The Bertz CT molecular complexity index is 502. The normalized spacial score (nSPS) is 21.9. The summed E-state index contributed by atoms with van der Waals surface area (Å²) in [6, 6.07) is 9.27. The van der Waals surface area contributed by atoms with Crippen LogP contribution in [-0.2, 0) is 9.59 Å². The van der Waals surface area contributed by atoms with E-state index in [0.717, 1.165) is 12.8 Å². The number of rotatable bonds is 5. The molecule has 1 aliphatic heterocycles. The van der Waals surface area contributed by atoms with E-state index >= 15 is 0 Å². The number of likely N-dealkylation sites (tertiary alicyclic amines) is 1. The Morgan fingerprint density at radius 3 is 2.67 bits per heavy atom. The molecule has 1 saturated heterocycles. The van der Waals surface area contributed by atoms with Gasteiger partial charge in [0.1, 0.15) is 11.3 Å². The van der Waals surface area contributed by atoms with Crippen molar-refractivity contribution in [3.05, 3.63) is 30.3 Å². The molecule has 0 bridgehead atoms. The van der Waals surface area contributed by atoms with Gasteiger partial charge >= 0.3 is 5.97 Å². The molecule has 1 aromatic carbocycles. The van der Waals surface area contributed by atoms with E-state index in [4.69, 9.17) is 4.74 Å². The van der Waals surface area contributed by atoms with Gasteiger partial charge in [0.25, 0.3) is 0 Å². The van der Waals surface area contributed by atoms with Gasteiger partial charge in [0, 0.05) is 6.54 Å². The third-order valence-corrected chi connectivity index (χ3v) is 3.98. The third kappa shape index (κ3) is 3.54. The number of nitrogens with zero attached hydrogens (tertiary/aromatic N) is 1. The summed E-state index contributed by atoms with van der Waals surface area (Å²) in [6.07, 6.45) is 2.40. The molecule has 1 fully saturated rings. The molecule has 1 heterocycles. The molecule has 1 atom stereocenters. The number of aliphatic carboxylic acids is 1. The number of carboxylic acids is 1. The molecule has 2 rings (SSSR count).